The zero-order valence-electron chi connectivity index (χ0n) is 13.8. The molecule has 0 saturated heterocycles. The third-order valence-corrected chi connectivity index (χ3v) is 4.01. The van der Waals surface area contributed by atoms with Gasteiger partial charge in [-0.3, -0.25) is 9.20 Å². The Morgan fingerprint density at radius 2 is 1.87 bits per heavy atom. The predicted molar refractivity (Wildman–Crippen MR) is 93.1 cm³/mol. The fourth-order valence-corrected chi connectivity index (χ4v) is 2.85. The van der Waals surface area contributed by atoms with E-state index in [0.29, 0.717) is 12.2 Å². The van der Waals surface area contributed by atoms with Gasteiger partial charge in [-0.15, -0.1) is 0 Å². The van der Waals surface area contributed by atoms with Gasteiger partial charge in [-0.25, -0.2) is 4.98 Å². The van der Waals surface area contributed by atoms with Gasteiger partial charge in [0.1, 0.15) is 11.3 Å². The molecule has 3 aromatic rings. The van der Waals surface area contributed by atoms with Crippen molar-refractivity contribution in [1.82, 2.24) is 9.38 Å². The molecule has 1 aromatic carbocycles. The minimum atomic E-state index is -0.00588. The molecule has 0 aliphatic heterocycles. The van der Waals surface area contributed by atoms with E-state index in [-0.39, 0.29) is 5.91 Å². The van der Waals surface area contributed by atoms with E-state index in [1.807, 2.05) is 73.8 Å². The van der Waals surface area contributed by atoms with E-state index in [4.69, 9.17) is 0 Å². The molecule has 0 unspecified atom stereocenters. The van der Waals surface area contributed by atoms with Crippen molar-refractivity contribution in [3.63, 3.8) is 0 Å². The van der Waals surface area contributed by atoms with Crippen LogP contribution in [0.3, 0.4) is 0 Å². The van der Waals surface area contributed by atoms with Crippen LogP contribution in [0, 0.1) is 6.92 Å². The predicted octanol–water partition coefficient (Wildman–Crippen LogP) is 3.87. The minimum absolute atomic E-state index is 0.00588. The molecule has 0 radical (unpaired) electrons. The number of carbonyl (C=O) groups excluding carboxylic acids is 1. The lowest BCUT2D eigenvalue weighted by atomic mass is 10.2. The van der Waals surface area contributed by atoms with Crippen LogP contribution >= 0.6 is 0 Å². The van der Waals surface area contributed by atoms with Crippen LogP contribution in [0.4, 0.5) is 5.69 Å². The maximum Gasteiger partial charge on any atom is 0.277 e. The summed E-state index contributed by atoms with van der Waals surface area (Å²) in [6, 6.07) is 13.8. The van der Waals surface area contributed by atoms with Gasteiger partial charge in [-0.1, -0.05) is 31.2 Å². The van der Waals surface area contributed by atoms with E-state index in [0.717, 1.165) is 29.0 Å². The fourth-order valence-electron chi connectivity index (χ4n) is 2.85. The van der Waals surface area contributed by atoms with Crippen molar-refractivity contribution < 1.29 is 4.79 Å². The lowest BCUT2D eigenvalue weighted by molar-refractivity contribution is 0.0981. The van der Waals surface area contributed by atoms with Gasteiger partial charge in [0, 0.05) is 18.4 Å². The third-order valence-electron chi connectivity index (χ3n) is 4.01. The second-order valence-electron chi connectivity index (χ2n) is 5.58. The molecule has 0 N–H and O–H groups in total. The number of hydrogen-bond acceptors (Lipinski definition) is 2. The Balaban J connectivity index is 2.14. The molecule has 0 saturated carbocycles. The van der Waals surface area contributed by atoms with Crippen LogP contribution in [0.5, 0.6) is 0 Å². The van der Waals surface area contributed by atoms with E-state index in [1.54, 1.807) is 4.90 Å². The Kier molecular flexibility index (Phi) is 4.15. The van der Waals surface area contributed by atoms with Gasteiger partial charge < -0.3 is 4.90 Å². The molecule has 2 aromatic heterocycles. The van der Waals surface area contributed by atoms with Crippen LogP contribution in [0.1, 0.15) is 35.6 Å². The second-order valence-corrected chi connectivity index (χ2v) is 5.58. The van der Waals surface area contributed by atoms with E-state index in [2.05, 4.69) is 4.98 Å². The summed E-state index contributed by atoms with van der Waals surface area (Å²) in [6.45, 7) is 6.66. The van der Waals surface area contributed by atoms with Crippen LogP contribution < -0.4 is 4.90 Å². The van der Waals surface area contributed by atoms with Gasteiger partial charge in [0.2, 0.25) is 0 Å². The normalized spacial score (nSPS) is 10.9. The molecule has 0 aliphatic rings. The monoisotopic (exact) mass is 307 g/mol. The van der Waals surface area contributed by atoms with Crippen molar-refractivity contribution in [3.8, 4) is 0 Å². The quantitative estimate of drug-likeness (QED) is 0.734. The van der Waals surface area contributed by atoms with Gasteiger partial charge in [0.05, 0.1) is 5.69 Å². The summed E-state index contributed by atoms with van der Waals surface area (Å²) in [5.74, 6) is -0.00588. The first-order chi connectivity index (χ1) is 11.2. The summed E-state index contributed by atoms with van der Waals surface area (Å²) in [5.41, 5.74) is 4.34. The van der Waals surface area contributed by atoms with Crippen molar-refractivity contribution in [2.45, 2.75) is 27.2 Å². The number of anilines is 1. The number of hydrogen-bond donors (Lipinski definition) is 0. The number of fused-ring (bicyclic) bond motifs is 1. The molecule has 0 atom stereocenters. The Morgan fingerprint density at radius 3 is 2.52 bits per heavy atom. The molecule has 3 rings (SSSR count). The van der Waals surface area contributed by atoms with Gasteiger partial charge in [0.25, 0.3) is 5.91 Å². The lowest BCUT2D eigenvalue weighted by Gasteiger charge is -2.21. The van der Waals surface area contributed by atoms with Crippen LogP contribution in [-0.2, 0) is 6.42 Å². The third kappa shape index (κ3) is 2.72. The average Bonchev–Trinajstić information content (AvgIpc) is 2.94. The summed E-state index contributed by atoms with van der Waals surface area (Å²) < 4.78 is 1.92. The van der Waals surface area contributed by atoms with Crippen molar-refractivity contribution in [2.24, 2.45) is 0 Å². The molecule has 0 aliphatic carbocycles. The maximum atomic E-state index is 13.2. The molecular formula is C19H21N3O. The van der Waals surface area contributed by atoms with Crippen molar-refractivity contribution >= 4 is 17.2 Å². The Bertz CT molecular complexity index is 836. The Labute approximate surface area is 136 Å². The molecule has 4 heteroatoms. The molecule has 0 fully saturated rings. The van der Waals surface area contributed by atoms with Crippen LogP contribution in [0.2, 0.25) is 0 Å². The highest BCUT2D eigenvalue weighted by molar-refractivity contribution is 6.06. The number of pyridine rings is 1. The first-order valence-electron chi connectivity index (χ1n) is 8.00. The van der Waals surface area contributed by atoms with E-state index >= 15 is 0 Å². The standard InChI is InChI=1S/C19H21N3O/c1-4-16-18(22-13-14(3)11-12-17(22)20-16)19(23)21(5-2)15-9-7-6-8-10-15/h6-13H,4-5H2,1-3H3. The average molecular weight is 307 g/mol. The number of aromatic nitrogens is 2. The maximum absolute atomic E-state index is 13.2. The van der Waals surface area contributed by atoms with E-state index in [1.165, 1.54) is 0 Å². The first kappa shape index (κ1) is 15.3. The van der Waals surface area contributed by atoms with E-state index < -0.39 is 0 Å². The highest BCUT2D eigenvalue weighted by atomic mass is 16.2. The van der Waals surface area contributed by atoms with Gasteiger partial charge in [0.15, 0.2) is 0 Å². The number of benzene rings is 1. The summed E-state index contributed by atoms with van der Waals surface area (Å²) >= 11 is 0. The summed E-state index contributed by atoms with van der Waals surface area (Å²) in [5, 5.41) is 0. The van der Waals surface area contributed by atoms with Crippen LogP contribution in [0.25, 0.3) is 5.65 Å². The van der Waals surface area contributed by atoms with E-state index in [9.17, 15) is 4.79 Å². The lowest BCUT2D eigenvalue weighted by Crippen LogP contribution is -2.32. The summed E-state index contributed by atoms with van der Waals surface area (Å²) in [4.78, 5) is 19.6. The number of amides is 1. The minimum Gasteiger partial charge on any atom is -0.307 e. The second kappa shape index (κ2) is 6.24. The van der Waals surface area contributed by atoms with Crippen molar-refractivity contribution in [1.29, 1.82) is 0 Å². The molecular weight excluding hydrogens is 286 g/mol. The molecule has 23 heavy (non-hydrogen) atoms. The Morgan fingerprint density at radius 1 is 1.13 bits per heavy atom. The number of imidazole rings is 1. The SMILES string of the molecule is CCc1nc2ccc(C)cn2c1C(=O)N(CC)c1ccccc1. The first-order valence-corrected chi connectivity index (χ1v) is 8.00. The summed E-state index contributed by atoms with van der Waals surface area (Å²) in [6.07, 6.45) is 2.71. The highest BCUT2D eigenvalue weighted by Gasteiger charge is 2.23. The van der Waals surface area contributed by atoms with Crippen LogP contribution in [-0.4, -0.2) is 21.8 Å². The molecule has 118 valence electrons. The van der Waals surface area contributed by atoms with Gasteiger partial charge >= 0.3 is 0 Å². The number of rotatable bonds is 4. The van der Waals surface area contributed by atoms with Crippen molar-refractivity contribution in [2.75, 3.05) is 11.4 Å². The molecule has 4 nitrogen and oxygen atoms in total. The number of carbonyl (C=O) groups is 1. The van der Waals surface area contributed by atoms with Crippen molar-refractivity contribution in [3.05, 3.63) is 65.6 Å². The zero-order chi connectivity index (χ0) is 16.4. The number of aryl methyl sites for hydroxylation is 2. The zero-order valence-corrected chi connectivity index (χ0v) is 13.8. The highest BCUT2D eigenvalue weighted by Crippen LogP contribution is 2.21. The van der Waals surface area contributed by atoms with Gasteiger partial charge in [-0.05, 0) is 44.0 Å². The largest absolute Gasteiger partial charge is 0.307 e. The van der Waals surface area contributed by atoms with Gasteiger partial charge in [-0.2, -0.15) is 0 Å². The summed E-state index contributed by atoms with van der Waals surface area (Å²) in [7, 11) is 0. The molecule has 0 bridgehead atoms. The number of nitrogens with zero attached hydrogens (tertiary/aromatic N) is 3. The number of para-hydroxylation sites is 1. The van der Waals surface area contributed by atoms with Crippen LogP contribution in [0.15, 0.2) is 48.7 Å². The molecule has 1 amide bonds. The molecule has 0 spiro atoms. The smallest absolute Gasteiger partial charge is 0.277 e. The fraction of sp³-hybridized carbons (Fsp3) is 0.263. The molecule has 2 heterocycles. The Hall–Kier alpha value is -2.62. The topological polar surface area (TPSA) is 37.6 Å².